The molecular weight excluding hydrogens is 391 g/mol. The van der Waals surface area contributed by atoms with E-state index in [-0.39, 0.29) is 22.9 Å². The van der Waals surface area contributed by atoms with Crippen LogP contribution in [0.25, 0.3) is 16.7 Å². The van der Waals surface area contributed by atoms with Crippen molar-refractivity contribution in [2.75, 3.05) is 25.1 Å². The monoisotopic (exact) mass is 410 g/mol. The summed E-state index contributed by atoms with van der Waals surface area (Å²) in [6, 6.07) is 8.43. The lowest BCUT2D eigenvalue weighted by Crippen LogP contribution is -2.44. The zero-order chi connectivity index (χ0) is 21.0. The van der Waals surface area contributed by atoms with Crippen LogP contribution in [0.5, 0.6) is 5.75 Å². The first-order valence-corrected chi connectivity index (χ1v) is 9.60. The van der Waals surface area contributed by atoms with Crippen molar-refractivity contribution in [1.29, 1.82) is 0 Å². The molecule has 4 heterocycles. The van der Waals surface area contributed by atoms with Crippen molar-refractivity contribution in [3.63, 3.8) is 0 Å². The summed E-state index contributed by atoms with van der Waals surface area (Å²) in [5.41, 5.74) is -0.415. The Balaban J connectivity index is 1.75. The number of ether oxygens (including phenoxy) is 1. The molecule has 5 rings (SSSR count). The SMILES string of the molecule is COc1ccc(-n2cc(C(=O)O)c(=O)c3cc(F)c(N4C[C@@H]5C[C@H]4CN5)nc32)cc1. The molecule has 2 aliphatic rings. The number of halogens is 1. The summed E-state index contributed by atoms with van der Waals surface area (Å²) in [6.07, 6.45) is 2.16. The van der Waals surface area contributed by atoms with Gasteiger partial charge in [0.05, 0.1) is 12.5 Å². The normalized spacial score (nSPS) is 20.1. The molecule has 2 bridgehead atoms. The Morgan fingerprint density at radius 1 is 1.33 bits per heavy atom. The average molecular weight is 410 g/mol. The Labute approximate surface area is 170 Å². The highest BCUT2D eigenvalue weighted by atomic mass is 19.1. The van der Waals surface area contributed by atoms with Crippen LogP contribution in [0.1, 0.15) is 16.8 Å². The Kier molecular flexibility index (Phi) is 4.21. The van der Waals surface area contributed by atoms with E-state index in [0.717, 1.165) is 19.0 Å². The van der Waals surface area contributed by atoms with Crippen molar-refractivity contribution in [3.05, 3.63) is 58.1 Å². The quantitative estimate of drug-likeness (QED) is 0.677. The molecular formula is C21H19FN4O4. The van der Waals surface area contributed by atoms with E-state index in [1.807, 2.05) is 4.90 Å². The average Bonchev–Trinajstić information content (AvgIpc) is 3.37. The lowest BCUT2D eigenvalue weighted by Gasteiger charge is -2.29. The molecule has 154 valence electrons. The van der Waals surface area contributed by atoms with E-state index in [1.54, 1.807) is 31.4 Å². The summed E-state index contributed by atoms with van der Waals surface area (Å²) in [7, 11) is 1.54. The van der Waals surface area contributed by atoms with Gasteiger partial charge in [-0.1, -0.05) is 0 Å². The first-order chi connectivity index (χ1) is 14.5. The molecule has 9 heteroatoms. The molecule has 2 N–H and O–H groups in total. The van der Waals surface area contributed by atoms with E-state index >= 15 is 4.39 Å². The van der Waals surface area contributed by atoms with Gasteiger partial charge in [0.25, 0.3) is 0 Å². The number of hydrogen-bond acceptors (Lipinski definition) is 6. The molecule has 2 fully saturated rings. The van der Waals surface area contributed by atoms with Crippen molar-refractivity contribution >= 4 is 22.8 Å². The van der Waals surface area contributed by atoms with Gasteiger partial charge in [-0.15, -0.1) is 0 Å². The molecule has 0 radical (unpaired) electrons. The van der Waals surface area contributed by atoms with E-state index in [1.165, 1.54) is 10.8 Å². The topological polar surface area (TPSA) is 96.7 Å². The molecule has 0 aliphatic carbocycles. The fraction of sp³-hybridized carbons (Fsp3) is 0.286. The van der Waals surface area contributed by atoms with Gasteiger partial charge in [0, 0.05) is 37.1 Å². The van der Waals surface area contributed by atoms with Crippen LogP contribution in [0, 0.1) is 5.82 Å². The number of fused-ring (bicyclic) bond motifs is 3. The van der Waals surface area contributed by atoms with Crippen LogP contribution in [0.2, 0.25) is 0 Å². The Morgan fingerprint density at radius 2 is 2.10 bits per heavy atom. The van der Waals surface area contributed by atoms with Gasteiger partial charge in [0.2, 0.25) is 5.43 Å². The van der Waals surface area contributed by atoms with Gasteiger partial charge in [-0.3, -0.25) is 4.79 Å². The number of pyridine rings is 2. The van der Waals surface area contributed by atoms with Gasteiger partial charge in [-0.05, 0) is 36.8 Å². The van der Waals surface area contributed by atoms with E-state index in [4.69, 9.17) is 4.74 Å². The van der Waals surface area contributed by atoms with Crippen LogP contribution >= 0.6 is 0 Å². The largest absolute Gasteiger partial charge is 0.497 e. The number of carbonyl (C=O) groups is 1. The second kappa shape index (κ2) is 6.81. The minimum absolute atomic E-state index is 0.0746. The lowest BCUT2D eigenvalue weighted by atomic mass is 10.1. The number of methoxy groups -OCH3 is 1. The molecule has 2 aliphatic heterocycles. The van der Waals surface area contributed by atoms with Crippen molar-refractivity contribution < 1.29 is 19.0 Å². The summed E-state index contributed by atoms with van der Waals surface area (Å²) in [5.74, 6) is -1.20. The van der Waals surface area contributed by atoms with Gasteiger partial charge >= 0.3 is 5.97 Å². The Bertz CT molecular complexity index is 1220. The number of rotatable bonds is 4. The molecule has 0 amide bonds. The summed E-state index contributed by atoms with van der Waals surface area (Å²) in [5, 5.41) is 12.8. The van der Waals surface area contributed by atoms with Crippen LogP contribution in [-0.4, -0.2) is 52.9 Å². The van der Waals surface area contributed by atoms with Gasteiger partial charge < -0.3 is 24.6 Å². The van der Waals surface area contributed by atoms with E-state index in [0.29, 0.717) is 24.0 Å². The van der Waals surface area contributed by atoms with Gasteiger partial charge in [0.15, 0.2) is 17.3 Å². The fourth-order valence-corrected chi connectivity index (χ4v) is 4.33. The predicted molar refractivity (Wildman–Crippen MR) is 108 cm³/mol. The first kappa shape index (κ1) is 18.6. The number of anilines is 1. The summed E-state index contributed by atoms with van der Waals surface area (Å²) in [6.45, 7) is 1.40. The third-order valence-electron chi connectivity index (χ3n) is 5.82. The summed E-state index contributed by atoms with van der Waals surface area (Å²) < 4.78 is 21.7. The van der Waals surface area contributed by atoms with Crippen molar-refractivity contribution in [1.82, 2.24) is 14.9 Å². The number of aromatic nitrogens is 2. The molecule has 0 saturated carbocycles. The second-order valence-corrected chi connectivity index (χ2v) is 7.56. The lowest BCUT2D eigenvalue weighted by molar-refractivity contribution is 0.0695. The van der Waals surface area contributed by atoms with Crippen LogP contribution < -0.4 is 20.4 Å². The number of carboxylic acids is 1. The smallest absolute Gasteiger partial charge is 0.341 e. The minimum atomic E-state index is -1.38. The van der Waals surface area contributed by atoms with Gasteiger partial charge in [-0.2, -0.15) is 0 Å². The zero-order valence-electron chi connectivity index (χ0n) is 16.1. The number of hydrogen-bond donors (Lipinski definition) is 2. The molecule has 30 heavy (non-hydrogen) atoms. The van der Waals surface area contributed by atoms with Crippen molar-refractivity contribution in [2.45, 2.75) is 18.5 Å². The number of aromatic carboxylic acids is 1. The first-order valence-electron chi connectivity index (χ1n) is 9.60. The van der Waals surface area contributed by atoms with Gasteiger partial charge in [-0.25, -0.2) is 14.2 Å². The van der Waals surface area contributed by atoms with E-state index in [9.17, 15) is 14.7 Å². The third kappa shape index (κ3) is 2.81. The standard InChI is InChI=1S/C21H19FN4O4/c1-30-14-4-2-12(3-5-14)26-10-16(21(28)29)18(27)15-7-17(22)20(24-19(15)26)25-9-11-6-13(25)8-23-11/h2-5,7,10-11,13,23H,6,8-9H2,1H3,(H,28,29)/t11-,13-/m0/s1. The molecule has 8 nitrogen and oxygen atoms in total. The maximum Gasteiger partial charge on any atom is 0.341 e. The number of carboxylic acid groups (broad SMARTS) is 1. The maximum atomic E-state index is 15.0. The van der Waals surface area contributed by atoms with Crippen LogP contribution in [-0.2, 0) is 0 Å². The van der Waals surface area contributed by atoms with E-state index in [2.05, 4.69) is 10.3 Å². The fourth-order valence-electron chi connectivity index (χ4n) is 4.33. The molecule has 2 atom stereocenters. The van der Waals surface area contributed by atoms with Crippen LogP contribution in [0.4, 0.5) is 10.2 Å². The van der Waals surface area contributed by atoms with E-state index < -0.39 is 22.8 Å². The molecule has 1 aromatic carbocycles. The van der Waals surface area contributed by atoms with Crippen LogP contribution in [0.15, 0.2) is 41.3 Å². The maximum absolute atomic E-state index is 15.0. The minimum Gasteiger partial charge on any atom is -0.497 e. The summed E-state index contributed by atoms with van der Waals surface area (Å²) >= 11 is 0. The number of nitrogens with one attached hydrogen (secondary N) is 1. The molecule has 2 saturated heterocycles. The Hall–Kier alpha value is -3.46. The number of piperazine rings is 1. The highest BCUT2D eigenvalue weighted by Crippen LogP contribution is 2.31. The van der Waals surface area contributed by atoms with Gasteiger partial charge in [0.1, 0.15) is 11.3 Å². The number of nitrogens with zero attached hydrogens (tertiary/aromatic N) is 3. The van der Waals surface area contributed by atoms with Crippen molar-refractivity contribution in [3.8, 4) is 11.4 Å². The molecule has 0 unspecified atom stereocenters. The van der Waals surface area contributed by atoms with Crippen molar-refractivity contribution in [2.24, 2.45) is 0 Å². The summed E-state index contributed by atoms with van der Waals surface area (Å²) in [4.78, 5) is 30.8. The highest BCUT2D eigenvalue weighted by molar-refractivity contribution is 5.92. The second-order valence-electron chi connectivity index (χ2n) is 7.56. The van der Waals surface area contributed by atoms with Crippen LogP contribution in [0.3, 0.4) is 0 Å². The molecule has 2 aromatic heterocycles. The predicted octanol–water partition coefficient (Wildman–Crippen LogP) is 1.78. The number of benzene rings is 1. The highest BCUT2D eigenvalue weighted by Gasteiger charge is 2.39. The zero-order valence-corrected chi connectivity index (χ0v) is 16.1. The Morgan fingerprint density at radius 3 is 2.70 bits per heavy atom. The molecule has 0 spiro atoms. The molecule has 3 aromatic rings. The third-order valence-corrected chi connectivity index (χ3v) is 5.82.